The molecule has 2 aliphatic heterocycles. The molecule has 0 radical (unpaired) electrons. The van der Waals surface area contributed by atoms with E-state index in [1.165, 1.54) is 12.8 Å². The van der Waals surface area contributed by atoms with Gasteiger partial charge in [-0.15, -0.1) is 0 Å². The first-order chi connectivity index (χ1) is 4.88. The van der Waals surface area contributed by atoms with E-state index in [0.717, 1.165) is 13.1 Å². The lowest BCUT2D eigenvalue weighted by Crippen LogP contribution is -2.43. The van der Waals surface area contributed by atoms with Crippen molar-refractivity contribution in [2.24, 2.45) is 5.92 Å². The van der Waals surface area contributed by atoms with E-state index in [4.69, 9.17) is 0 Å². The molecule has 2 N–H and O–H groups in total. The Morgan fingerprint density at radius 1 is 1.50 bits per heavy atom. The normalized spacial score (nSPS) is 39.0. The van der Waals surface area contributed by atoms with Crippen molar-refractivity contribution in [1.29, 1.82) is 0 Å². The van der Waals surface area contributed by atoms with Gasteiger partial charge in [-0.1, -0.05) is 0 Å². The molecular weight excluding hydrogens is 128 g/mol. The van der Waals surface area contributed by atoms with Gasteiger partial charge in [-0.3, -0.25) is 4.79 Å². The molecule has 10 heavy (non-hydrogen) atoms. The lowest BCUT2D eigenvalue weighted by atomic mass is 9.94. The fourth-order valence-electron chi connectivity index (χ4n) is 1.82. The Balaban J connectivity index is 2.08. The molecule has 0 aromatic carbocycles. The van der Waals surface area contributed by atoms with Crippen molar-refractivity contribution in [1.82, 2.24) is 10.6 Å². The third kappa shape index (κ3) is 0.814. The highest BCUT2D eigenvalue weighted by molar-refractivity contribution is 5.84. The van der Waals surface area contributed by atoms with Gasteiger partial charge in [0.2, 0.25) is 5.91 Å². The molecule has 0 aliphatic carbocycles. The van der Waals surface area contributed by atoms with Crippen LogP contribution in [0.25, 0.3) is 0 Å². The van der Waals surface area contributed by atoms with Crippen molar-refractivity contribution in [3.63, 3.8) is 0 Å². The largest absolute Gasteiger partial charge is 0.354 e. The van der Waals surface area contributed by atoms with Crippen LogP contribution in [0, 0.1) is 5.92 Å². The van der Waals surface area contributed by atoms with E-state index in [9.17, 15) is 4.79 Å². The second-order valence-electron chi connectivity index (χ2n) is 3.08. The highest BCUT2D eigenvalue weighted by Crippen LogP contribution is 2.19. The van der Waals surface area contributed by atoms with Crippen LogP contribution in [-0.4, -0.2) is 25.0 Å². The first-order valence-corrected chi connectivity index (χ1v) is 3.89. The molecule has 2 aliphatic rings. The number of hydrogen-bond acceptors (Lipinski definition) is 2. The number of rotatable bonds is 0. The summed E-state index contributed by atoms with van der Waals surface area (Å²) in [6, 6.07) is 0.133. The zero-order valence-electron chi connectivity index (χ0n) is 5.89. The smallest absolute Gasteiger partial charge is 0.237 e. The molecule has 0 unspecified atom stereocenters. The highest BCUT2D eigenvalue weighted by Gasteiger charge is 2.35. The van der Waals surface area contributed by atoms with Gasteiger partial charge in [-0.2, -0.15) is 0 Å². The van der Waals surface area contributed by atoms with Crippen LogP contribution in [0.2, 0.25) is 0 Å². The quantitative estimate of drug-likeness (QED) is 0.475. The zero-order chi connectivity index (χ0) is 6.97. The molecule has 2 atom stereocenters. The lowest BCUT2D eigenvalue weighted by Gasteiger charge is -2.23. The monoisotopic (exact) mass is 140 g/mol. The summed E-state index contributed by atoms with van der Waals surface area (Å²) < 4.78 is 0. The summed E-state index contributed by atoms with van der Waals surface area (Å²) in [6.07, 6.45) is 2.42. The molecule has 2 fully saturated rings. The summed E-state index contributed by atoms with van der Waals surface area (Å²) in [5.41, 5.74) is 0. The van der Waals surface area contributed by atoms with Gasteiger partial charge in [0.25, 0.3) is 0 Å². The Hall–Kier alpha value is -0.570. The highest BCUT2D eigenvalue weighted by atomic mass is 16.2. The van der Waals surface area contributed by atoms with Crippen LogP contribution in [-0.2, 0) is 4.79 Å². The molecule has 3 heteroatoms. The molecule has 0 saturated carbocycles. The van der Waals surface area contributed by atoms with Crippen molar-refractivity contribution in [3.8, 4) is 0 Å². The second kappa shape index (κ2) is 2.23. The van der Waals surface area contributed by atoms with Crippen LogP contribution in [0.15, 0.2) is 0 Å². The van der Waals surface area contributed by atoms with Crippen molar-refractivity contribution in [2.75, 3.05) is 13.1 Å². The Labute approximate surface area is 60.2 Å². The van der Waals surface area contributed by atoms with Gasteiger partial charge >= 0.3 is 0 Å². The van der Waals surface area contributed by atoms with E-state index < -0.39 is 0 Å². The fraction of sp³-hybridized carbons (Fsp3) is 0.857. The molecule has 2 heterocycles. The number of fused-ring (bicyclic) bond motifs is 1. The predicted molar refractivity (Wildman–Crippen MR) is 37.5 cm³/mol. The van der Waals surface area contributed by atoms with E-state index in [1.54, 1.807) is 0 Å². The third-order valence-corrected chi connectivity index (χ3v) is 2.41. The topological polar surface area (TPSA) is 41.1 Å². The lowest BCUT2D eigenvalue weighted by molar-refractivity contribution is -0.121. The minimum absolute atomic E-state index is 0.133. The van der Waals surface area contributed by atoms with Gasteiger partial charge in [-0.05, 0) is 19.4 Å². The Morgan fingerprint density at radius 3 is 3.20 bits per heavy atom. The Bertz CT molecular complexity index is 158. The van der Waals surface area contributed by atoms with E-state index in [1.807, 2.05) is 0 Å². The van der Waals surface area contributed by atoms with Gasteiger partial charge in [-0.25, -0.2) is 0 Å². The van der Waals surface area contributed by atoms with Gasteiger partial charge in [0.1, 0.15) is 0 Å². The third-order valence-electron chi connectivity index (χ3n) is 2.41. The van der Waals surface area contributed by atoms with Crippen LogP contribution in [0.5, 0.6) is 0 Å². The molecule has 2 saturated heterocycles. The zero-order valence-corrected chi connectivity index (χ0v) is 5.89. The summed E-state index contributed by atoms with van der Waals surface area (Å²) in [6.45, 7) is 1.89. The summed E-state index contributed by atoms with van der Waals surface area (Å²) in [4.78, 5) is 11.0. The fourth-order valence-corrected chi connectivity index (χ4v) is 1.82. The number of nitrogens with one attached hydrogen (secondary N) is 2. The maximum atomic E-state index is 11.0. The Kier molecular flexibility index (Phi) is 1.38. The van der Waals surface area contributed by atoms with Gasteiger partial charge in [0.15, 0.2) is 0 Å². The summed E-state index contributed by atoms with van der Waals surface area (Å²) in [7, 11) is 0. The van der Waals surface area contributed by atoms with Crippen LogP contribution >= 0.6 is 0 Å². The van der Waals surface area contributed by atoms with Crippen molar-refractivity contribution in [2.45, 2.75) is 18.9 Å². The maximum absolute atomic E-state index is 11.0. The minimum atomic E-state index is 0.133. The molecule has 0 bridgehead atoms. The Morgan fingerprint density at radius 2 is 2.40 bits per heavy atom. The number of piperidine rings is 1. The number of amides is 1. The van der Waals surface area contributed by atoms with Crippen molar-refractivity contribution < 1.29 is 4.79 Å². The summed E-state index contributed by atoms with van der Waals surface area (Å²) in [5.74, 6) is 0.769. The second-order valence-corrected chi connectivity index (χ2v) is 3.08. The first-order valence-electron chi connectivity index (χ1n) is 3.89. The van der Waals surface area contributed by atoms with Gasteiger partial charge in [0.05, 0.1) is 6.04 Å². The van der Waals surface area contributed by atoms with Crippen LogP contribution in [0.1, 0.15) is 12.8 Å². The standard InChI is InChI=1S/C7H12N2O/c10-7-6-5(4-9-7)2-1-3-8-6/h5-6,8H,1-4H2,(H,9,10)/t5-,6+/m1/s1. The van der Waals surface area contributed by atoms with Crippen LogP contribution in [0.4, 0.5) is 0 Å². The predicted octanol–water partition coefficient (Wildman–Crippen LogP) is -0.516. The van der Waals surface area contributed by atoms with E-state index >= 15 is 0 Å². The van der Waals surface area contributed by atoms with Gasteiger partial charge < -0.3 is 10.6 Å². The number of hydrogen-bond donors (Lipinski definition) is 2. The summed E-state index contributed by atoms with van der Waals surface area (Å²) >= 11 is 0. The summed E-state index contributed by atoms with van der Waals surface area (Å²) in [5, 5.41) is 6.08. The average molecular weight is 140 g/mol. The SMILES string of the molecule is O=C1NC[C@H]2CCCN[C@H]12. The molecule has 56 valence electrons. The minimum Gasteiger partial charge on any atom is -0.354 e. The molecule has 3 nitrogen and oxygen atoms in total. The molecular formula is C7H12N2O. The number of carbonyl (C=O) groups is 1. The van der Waals surface area contributed by atoms with Crippen LogP contribution < -0.4 is 10.6 Å². The van der Waals surface area contributed by atoms with Crippen LogP contribution in [0.3, 0.4) is 0 Å². The average Bonchev–Trinajstić information content (AvgIpc) is 2.34. The molecule has 0 aromatic rings. The molecule has 0 aromatic heterocycles. The van der Waals surface area contributed by atoms with Crippen molar-refractivity contribution >= 4 is 5.91 Å². The first kappa shape index (κ1) is 6.16. The van der Waals surface area contributed by atoms with Crippen molar-refractivity contribution in [3.05, 3.63) is 0 Å². The van der Waals surface area contributed by atoms with E-state index in [2.05, 4.69) is 10.6 Å². The molecule has 1 amide bonds. The number of carbonyl (C=O) groups excluding carboxylic acids is 1. The van der Waals surface area contributed by atoms with E-state index in [-0.39, 0.29) is 11.9 Å². The maximum Gasteiger partial charge on any atom is 0.237 e. The molecule has 2 rings (SSSR count). The molecule has 0 spiro atoms. The van der Waals surface area contributed by atoms with E-state index in [0.29, 0.717) is 5.92 Å². The van der Waals surface area contributed by atoms with Gasteiger partial charge in [0, 0.05) is 12.5 Å².